The summed E-state index contributed by atoms with van der Waals surface area (Å²) in [4.78, 5) is 2.20. The quantitative estimate of drug-likeness (QED) is 0.741. The van der Waals surface area contributed by atoms with Crippen molar-refractivity contribution in [2.45, 2.75) is 31.9 Å². The molecule has 1 aliphatic heterocycles. The number of anilines is 1. The number of hydrogen-bond donors (Lipinski definition) is 0. The molecule has 1 aliphatic rings. The number of hydrogen-bond acceptors (Lipinski definition) is 4. The maximum atomic E-state index is 5.68. The lowest BCUT2D eigenvalue weighted by Crippen LogP contribution is -2.45. The number of ether oxygens (including phenoxy) is 1. The maximum absolute atomic E-state index is 5.68. The monoisotopic (exact) mass is 241 g/mol. The van der Waals surface area contributed by atoms with Gasteiger partial charge >= 0.3 is 0 Å². The van der Waals surface area contributed by atoms with Crippen LogP contribution in [0.15, 0.2) is 12.1 Å². The molecule has 1 saturated heterocycles. The Bertz CT molecular complexity index is 334. The second-order valence-electron chi connectivity index (χ2n) is 4.18. The van der Waals surface area contributed by atoms with Crippen molar-refractivity contribution in [3.8, 4) is 0 Å². The molecule has 5 heteroatoms. The Hall–Kier alpha value is -0.870. The first kappa shape index (κ1) is 11.6. The van der Waals surface area contributed by atoms with Crippen molar-refractivity contribution in [1.82, 2.24) is 10.2 Å². The van der Waals surface area contributed by atoms with E-state index in [9.17, 15) is 0 Å². The van der Waals surface area contributed by atoms with E-state index in [2.05, 4.69) is 28.9 Å². The first-order valence-corrected chi connectivity index (χ1v) is 6.01. The van der Waals surface area contributed by atoms with Gasteiger partial charge in [-0.1, -0.05) is 0 Å². The van der Waals surface area contributed by atoms with E-state index in [1.54, 1.807) is 0 Å². The molecule has 88 valence electrons. The zero-order chi connectivity index (χ0) is 11.5. The zero-order valence-electron chi connectivity index (χ0n) is 9.56. The summed E-state index contributed by atoms with van der Waals surface area (Å²) in [5.74, 6) is 1.30. The average Bonchev–Trinajstić information content (AvgIpc) is 2.28. The molecule has 0 aromatic carbocycles. The van der Waals surface area contributed by atoms with Gasteiger partial charge in [-0.15, -0.1) is 16.7 Å². The molecule has 2 atom stereocenters. The summed E-state index contributed by atoms with van der Waals surface area (Å²) in [7, 11) is 0. The van der Waals surface area contributed by atoms with Crippen LogP contribution in [0.3, 0.4) is 0 Å². The third-order valence-electron chi connectivity index (χ3n) is 2.59. The topological polar surface area (TPSA) is 38.2 Å². The second-order valence-corrected chi connectivity index (χ2v) is 4.45. The normalized spacial score (nSPS) is 25.8. The lowest BCUT2D eigenvalue weighted by atomic mass is 10.2. The number of alkyl halides is 1. The summed E-state index contributed by atoms with van der Waals surface area (Å²) >= 11 is 5.68. The van der Waals surface area contributed by atoms with Gasteiger partial charge in [0.05, 0.1) is 23.8 Å². The molecule has 2 unspecified atom stereocenters. The van der Waals surface area contributed by atoms with Crippen LogP contribution in [0.1, 0.15) is 19.5 Å². The summed E-state index contributed by atoms with van der Waals surface area (Å²) in [6.07, 6.45) is 0.469. The molecule has 4 nitrogen and oxygen atoms in total. The third kappa shape index (κ3) is 2.62. The molecule has 0 radical (unpaired) electrons. The van der Waals surface area contributed by atoms with Crippen LogP contribution in [0.4, 0.5) is 5.82 Å². The van der Waals surface area contributed by atoms with Gasteiger partial charge in [-0.25, -0.2) is 0 Å². The molecule has 0 saturated carbocycles. The van der Waals surface area contributed by atoms with Crippen molar-refractivity contribution in [3.63, 3.8) is 0 Å². The summed E-state index contributed by atoms with van der Waals surface area (Å²) < 4.78 is 5.67. The fourth-order valence-electron chi connectivity index (χ4n) is 1.96. The van der Waals surface area contributed by atoms with Gasteiger partial charge in [0.2, 0.25) is 0 Å². The lowest BCUT2D eigenvalue weighted by Gasteiger charge is -2.35. The summed E-state index contributed by atoms with van der Waals surface area (Å²) in [5.41, 5.74) is 0.805. The van der Waals surface area contributed by atoms with E-state index in [4.69, 9.17) is 16.3 Å². The number of nitrogens with zero attached hydrogens (tertiary/aromatic N) is 3. The average molecular weight is 242 g/mol. The van der Waals surface area contributed by atoms with Crippen LogP contribution in [0.2, 0.25) is 0 Å². The second kappa shape index (κ2) is 4.97. The highest BCUT2D eigenvalue weighted by Crippen LogP contribution is 2.17. The smallest absolute Gasteiger partial charge is 0.151 e. The molecule has 1 aromatic heterocycles. The fourth-order valence-corrected chi connectivity index (χ4v) is 2.10. The van der Waals surface area contributed by atoms with E-state index in [1.165, 1.54) is 0 Å². The van der Waals surface area contributed by atoms with Crippen molar-refractivity contribution >= 4 is 17.4 Å². The van der Waals surface area contributed by atoms with E-state index < -0.39 is 0 Å². The van der Waals surface area contributed by atoms with Gasteiger partial charge in [0.25, 0.3) is 0 Å². The first-order valence-electron chi connectivity index (χ1n) is 5.48. The van der Waals surface area contributed by atoms with Gasteiger partial charge < -0.3 is 9.64 Å². The highest BCUT2D eigenvalue weighted by molar-refractivity contribution is 6.16. The minimum absolute atomic E-state index is 0.234. The van der Waals surface area contributed by atoms with Crippen molar-refractivity contribution in [3.05, 3.63) is 17.8 Å². The van der Waals surface area contributed by atoms with Crippen molar-refractivity contribution < 1.29 is 4.74 Å². The molecule has 0 amide bonds. The van der Waals surface area contributed by atoms with Crippen molar-refractivity contribution in [1.29, 1.82) is 0 Å². The van der Waals surface area contributed by atoms with Crippen molar-refractivity contribution in [2.24, 2.45) is 0 Å². The van der Waals surface area contributed by atoms with Crippen LogP contribution in [0.25, 0.3) is 0 Å². The molecule has 16 heavy (non-hydrogen) atoms. The largest absolute Gasteiger partial charge is 0.372 e. The highest BCUT2D eigenvalue weighted by atomic mass is 35.5. The van der Waals surface area contributed by atoms with Gasteiger partial charge in [0, 0.05) is 13.1 Å². The van der Waals surface area contributed by atoms with Gasteiger partial charge in [-0.2, -0.15) is 5.10 Å². The Morgan fingerprint density at radius 3 is 2.50 bits per heavy atom. The number of morpholine rings is 1. The highest BCUT2D eigenvalue weighted by Gasteiger charge is 2.23. The van der Waals surface area contributed by atoms with Crippen LogP contribution >= 0.6 is 11.6 Å². The van der Waals surface area contributed by atoms with Gasteiger partial charge in [-0.3, -0.25) is 0 Å². The van der Waals surface area contributed by atoms with Gasteiger partial charge in [-0.05, 0) is 26.0 Å². The van der Waals surface area contributed by atoms with E-state index in [0.29, 0.717) is 5.88 Å². The SMILES string of the molecule is CC1CN(c2ccc(CCl)nn2)CC(C)O1. The summed E-state index contributed by atoms with van der Waals surface area (Å²) in [5, 5.41) is 8.24. The zero-order valence-corrected chi connectivity index (χ0v) is 10.3. The first-order chi connectivity index (χ1) is 7.69. The Morgan fingerprint density at radius 1 is 1.31 bits per heavy atom. The molecule has 0 aliphatic carbocycles. The van der Waals surface area contributed by atoms with E-state index >= 15 is 0 Å². The Kier molecular flexibility index (Phi) is 3.61. The molecular weight excluding hydrogens is 226 g/mol. The minimum atomic E-state index is 0.234. The van der Waals surface area contributed by atoms with Crippen LogP contribution in [-0.2, 0) is 10.6 Å². The van der Waals surface area contributed by atoms with Crippen LogP contribution in [0.5, 0.6) is 0 Å². The molecule has 1 fully saturated rings. The molecular formula is C11H16ClN3O. The Balaban J connectivity index is 2.10. The number of rotatable bonds is 2. The molecule has 2 rings (SSSR count). The van der Waals surface area contributed by atoms with Crippen LogP contribution in [-0.4, -0.2) is 35.5 Å². The number of aromatic nitrogens is 2. The Morgan fingerprint density at radius 2 is 2.00 bits per heavy atom. The molecule has 2 heterocycles. The van der Waals surface area contributed by atoms with E-state index in [0.717, 1.165) is 24.6 Å². The van der Waals surface area contributed by atoms with E-state index in [-0.39, 0.29) is 12.2 Å². The summed E-state index contributed by atoms with van der Waals surface area (Å²) in [6.45, 7) is 5.87. The number of halogens is 1. The van der Waals surface area contributed by atoms with Crippen LogP contribution in [0, 0.1) is 0 Å². The predicted molar refractivity (Wildman–Crippen MR) is 63.8 cm³/mol. The van der Waals surface area contributed by atoms with Crippen molar-refractivity contribution in [2.75, 3.05) is 18.0 Å². The maximum Gasteiger partial charge on any atom is 0.151 e. The molecule has 0 bridgehead atoms. The molecule has 1 aromatic rings. The third-order valence-corrected chi connectivity index (χ3v) is 2.86. The minimum Gasteiger partial charge on any atom is -0.372 e. The lowest BCUT2D eigenvalue weighted by molar-refractivity contribution is -0.00550. The standard InChI is InChI=1S/C11H16ClN3O/c1-8-6-15(7-9(2)16-8)11-4-3-10(5-12)13-14-11/h3-4,8-9H,5-7H2,1-2H3. The van der Waals surface area contributed by atoms with E-state index in [1.807, 2.05) is 12.1 Å². The molecule has 0 spiro atoms. The Labute approximate surface area is 101 Å². The summed E-state index contributed by atoms with van der Waals surface area (Å²) in [6, 6.07) is 3.88. The molecule has 0 N–H and O–H groups in total. The van der Waals surface area contributed by atoms with Gasteiger partial charge in [0.1, 0.15) is 0 Å². The van der Waals surface area contributed by atoms with Gasteiger partial charge in [0.15, 0.2) is 5.82 Å². The predicted octanol–water partition coefficient (Wildman–Crippen LogP) is 1.83. The fraction of sp³-hybridized carbons (Fsp3) is 0.636. The van der Waals surface area contributed by atoms with Crippen LogP contribution < -0.4 is 4.90 Å².